The minimum Gasteiger partial charge on any atom is -0.505 e. The molecule has 0 aromatic carbocycles. The van der Waals surface area contributed by atoms with Crippen molar-refractivity contribution in [3.05, 3.63) is 73.3 Å². The third kappa shape index (κ3) is 13.3. The first-order chi connectivity index (χ1) is 11.5. The zero-order chi connectivity index (χ0) is 18.2. The first-order valence-electron chi connectivity index (χ1n) is 7.91. The van der Waals surface area contributed by atoms with Crippen LogP contribution in [0.4, 0.5) is 0 Å². The van der Waals surface area contributed by atoms with Crippen molar-refractivity contribution in [1.82, 2.24) is 0 Å². The maximum atomic E-state index is 11.8. The van der Waals surface area contributed by atoms with E-state index in [0.717, 1.165) is 5.57 Å². The summed E-state index contributed by atoms with van der Waals surface area (Å²) in [5, 5.41) is 19.2. The van der Waals surface area contributed by atoms with Gasteiger partial charge in [-0.3, -0.25) is 4.79 Å². The number of allylic oxidation sites excluding steroid dienone is 8. The highest BCUT2D eigenvalue weighted by molar-refractivity contribution is 5.78. The SMILES string of the molecule is C=C/C=C\C=C\CCC(=O)CC(O)CCC(=C)/C=C\C(O)=C\OC. The van der Waals surface area contributed by atoms with Gasteiger partial charge in [0.2, 0.25) is 0 Å². The molecule has 1 atom stereocenters. The molecular formula is C20H28O4. The summed E-state index contributed by atoms with van der Waals surface area (Å²) in [6, 6.07) is 0. The minimum absolute atomic E-state index is 0.00892. The van der Waals surface area contributed by atoms with Crippen LogP contribution in [0.1, 0.15) is 32.1 Å². The zero-order valence-electron chi connectivity index (χ0n) is 14.4. The van der Waals surface area contributed by atoms with Crippen LogP contribution in [0.3, 0.4) is 0 Å². The Morgan fingerprint density at radius 1 is 1.21 bits per heavy atom. The summed E-state index contributed by atoms with van der Waals surface area (Å²) in [5.41, 5.74) is 0.759. The molecule has 4 heteroatoms. The van der Waals surface area contributed by atoms with Gasteiger partial charge in [0.25, 0.3) is 0 Å². The zero-order valence-corrected chi connectivity index (χ0v) is 14.4. The fourth-order valence-corrected chi connectivity index (χ4v) is 1.83. The fraction of sp³-hybridized carbons (Fsp3) is 0.350. The number of ether oxygens (including phenoxy) is 1. The highest BCUT2D eigenvalue weighted by Crippen LogP contribution is 2.12. The molecule has 0 spiro atoms. The molecule has 132 valence electrons. The highest BCUT2D eigenvalue weighted by atomic mass is 16.5. The molecule has 0 aliphatic carbocycles. The summed E-state index contributed by atoms with van der Waals surface area (Å²) >= 11 is 0. The van der Waals surface area contributed by atoms with Gasteiger partial charge >= 0.3 is 0 Å². The van der Waals surface area contributed by atoms with Crippen LogP contribution < -0.4 is 0 Å². The van der Waals surface area contributed by atoms with E-state index >= 15 is 0 Å². The lowest BCUT2D eigenvalue weighted by Gasteiger charge is -2.09. The molecule has 24 heavy (non-hydrogen) atoms. The average Bonchev–Trinajstić information content (AvgIpc) is 2.54. The van der Waals surface area contributed by atoms with Gasteiger partial charge in [0.1, 0.15) is 17.8 Å². The molecule has 0 saturated carbocycles. The summed E-state index contributed by atoms with van der Waals surface area (Å²) in [6.07, 6.45) is 15.0. The Morgan fingerprint density at radius 3 is 2.62 bits per heavy atom. The van der Waals surface area contributed by atoms with Gasteiger partial charge < -0.3 is 14.9 Å². The van der Waals surface area contributed by atoms with Crippen LogP contribution in [0.25, 0.3) is 0 Å². The summed E-state index contributed by atoms with van der Waals surface area (Å²) in [7, 11) is 1.44. The van der Waals surface area contributed by atoms with Crippen LogP contribution in [-0.4, -0.2) is 29.2 Å². The number of ketones is 1. The lowest BCUT2D eigenvalue weighted by molar-refractivity contribution is -0.120. The number of aliphatic hydroxyl groups is 2. The molecule has 0 aromatic heterocycles. The normalized spacial score (nSPS) is 13.7. The second-order valence-electron chi connectivity index (χ2n) is 5.29. The Hall–Kier alpha value is -2.33. The number of hydrogen-bond donors (Lipinski definition) is 2. The first kappa shape index (κ1) is 21.7. The third-order valence-electron chi connectivity index (χ3n) is 3.07. The maximum Gasteiger partial charge on any atom is 0.149 e. The van der Waals surface area contributed by atoms with E-state index in [1.54, 1.807) is 12.2 Å². The van der Waals surface area contributed by atoms with Crippen LogP contribution >= 0.6 is 0 Å². The van der Waals surface area contributed by atoms with Crippen molar-refractivity contribution in [2.45, 2.75) is 38.2 Å². The fourth-order valence-electron chi connectivity index (χ4n) is 1.83. The number of hydrogen-bond acceptors (Lipinski definition) is 4. The molecule has 0 fully saturated rings. The van der Waals surface area contributed by atoms with Gasteiger partial charge in [-0.15, -0.1) is 0 Å². The standard InChI is InChI=1S/C20H28O4/c1-4-5-6-7-8-9-10-18(21)15-19(22)13-11-17(2)12-14-20(23)16-24-3/h4-8,12,14,16,19,22-23H,1-2,9-11,13,15H2,3H3/b6-5-,8-7+,14-12-,20-16-. The molecule has 0 amide bonds. The van der Waals surface area contributed by atoms with Crippen molar-refractivity contribution in [3.63, 3.8) is 0 Å². The molecule has 1 unspecified atom stereocenters. The maximum absolute atomic E-state index is 11.8. The molecule has 0 heterocycles. The molecule has 0 saturated heterocycles. The van der Waals surface area contributed by atoms with Gasteiger partial charge in [0.15, 0.2) is 0 Å². The van der Waals surface area contributed by atoms with Crippen LogP contribution in [0.5, 0.6) is 0 Å². The van der Waals surface area contributed by atoms with Gasteiger partial charge in [-0.25, -0.2) is 0 Å². The van der Waals surface area contributed by atoms with E-state index in [-0.39, 0.29) is 18.0 Å². The van der Waals surface area contributed by atoms with Crippen molar-refractivity contribution in [2.75, 3.05) is 7.11 Å². The number of aliphatic hydroxyl groups excluding tert-OH is 2. The van der Waals surface area contributed by atoms with E-state index in [2.05, 4.69) is 17.9 Å². The second-order valence-corrected chi connectivity index (χ2v) is 5.29. The smallest absolute Gasteiger partial charge is 0.149 e. The molecular weight excluding hydrogens is 304 g/mol. The average molecular weight is 332 g/mol. The number of Topliss-reactive ketones (excluding diaryl/α,β-unsaturated/α-hetero) is 1. The number of carbonyl (C=O) groups excluding carboxylic acids is 1. The molecule has 2 N–H and O–H groups in total. The monoisotopic (exact) mass is 332 g/mol. The lowest BCUT2D eigenvalue weighted by Crippen LogP contribution is -2.13. The predicted octanol–water partition coefficient (Wildman–Crippen LogP) is 4.32. The summed E-state index contributed by atoms with van der Waals surface area (Å²) in [4.78, 5) is 11.8. The van der Waals surface area contributed by atoms with Crippen molar-refractivity contribution < 1.29 is 19.7 Å². The number of rotatable bonds is 13. The number of carbonyl (C=O) groups is 1. The van der Waals surface area contributed by atoms with E-state index in [4.69, 9.17) is 0 Å². The lowest BCUT2D eigenvalue weighted by atomic mass is 10.0. The largest absolute Gasteiger partial charge is 0.505 e. The molecule has 0 rings (SSSR count). The Labute approximate surface area is 144 Å². The topological polar surface area (TPSA) is 66.8 Å². The summed E-state index contributed by atoms with van der Waals surface area (Å²) < 4.78 is 4.65. The van der Waals surface area contributed by atoms with Gasteiger partial charge in [-0.05, 0) is 25.3 Å². The second kappa shape index (κ2) is 14.3. The third-order valence-corrected chi connectivity index (χ3v) is 3.07. The minimum atomic E-state index is -0.671. The molecule has 0 aromatic rings. The van der Waals surface area contributed by atoms with Crippen molar-refractivity contribution >= 4 is 5.78 Å². The molecule has 0 bridgehead atoms. The summed E-state index contributed by atoms with van der Waals surface area (Å²) in [5.74, 6) is 0.0343. The Kier molecular flexibility index (Phi) is 12.9. The van der Waals surface area contributed by atoms with Crippen molar-refractivity contribution in [1.29, 1.82) is 0 Å². The highest BCUT2D eigenvalue weighted by Gasteiger charge is 2.10. The van der Waals surface area contributed by atoms with E-state index in [1.807, 2.05) is 24.3 Å². The van der Waals surface area contributed by atoms with Crippen LogP contribution in [0, 0.1) is 0 Å². The van der Waals surface area contributed by atoms with Crippen LogP contribution in [-0.2, 0) is 9.53 Å². The quantitative estimate of drug-likeness (QED) is 0.389. The van der Waals surface area contributed by atoms with Gasteiger partial charge in [0, 0.05) is 12.8 Å². The molecule has 0 aliphatic rings. The Morgan fingerprint density at radius 2 is 1.96 bits per heavy atom. The van der Waals surface area contributed by atoms with E-state index in [9.17, 15) is 15.0 Å². The van der Waals surface area contributed by atoms with Gasteiger partial charge in [-0.2, -0.15) is 0 Å². The van der Waals surface area contributed by atoms with Crippen molar-refractivity contribution in [3.8, 4) is 0 Å². The Balaban J connectivity index is 3.97. The Bertz CT molecular complexity index is 510. The molecule has 0 aliphatic heterocycles. The first-order valence-corrected chi connectivity index (χ1v) is 7.91. The molecule has 4 nitrogen and oxygen atoms in total. The molecule has 0 radical (unpaired) electrons. The van der Waals surface area contributed by atoms with E-state index in [0.29, 0.717) is 25.7 Å². The summed E-state index contributed by atoms with van der Waals surface area (Å²) in [6.45, 7) is 7.40. The van der Waals surface area contributed by atoms with Crippen LogP contribution in [0.2, 0.25) is 0 Å². The van der Waals surface area contributed by atoms with Crippen LogP contribution in [0.15, 0.2) is 73.3 Å². The van der Waals surface area contributed by atoms with E-state index in [1.165, 1.54) is 19.4 Å². The number of methoxy groups -OCH3 is 1. The van der Waals surface area contributed by atoms with Gasteiger partial charge in [-0.1, -0.05) is 55.2 Å². The van der Waals surface area contributed by atoms with E-state index < -0.39 is 6.10 Å². The van der Waals surface area contributed by atoms with Crippen molar-refractivity contribution in [2.24, 2.45) is 0 Å². The van der Waals surface area contributed by atoms with Gasteiger partial charge in [0.05, 0.1) is 13.2 Å². The predicted molar refractivity (Wildman–Crippen MR) is 98.6 cm³/mol.